The molecule has 0 spiro atoms. The number of aromatic carboxylic acids is 1. The third-order valence-corrected chi connectivity index (χ3v) is 6.45. The molecule has 3 aromatic rings. The van der Waals surface area contributed by atoms with E-state index in [2.05, 4.69) is 11.4 Å². The molecule has 4 rings (SSSR count). The molecule has 3 aromatic carbocycles. The maximum absolute atomic E-state index is 13.2. The molecule has 1 aliphatic rings. The predicted octanol–water partition coefficient (Wildman–Crippen LogP) is 6.18. The van der Waals surface area contributed by atoms with Crippen molar-refractivity contribution in [2.75, 3.05) is 6.54 Å². The van der Waals surface area contributed by atoms with Crippen LogP contribution in [0.1, 0.15) is 51.5 Å². The molecule has 0 fully saturated rings. The first-order valence-corrected chi connectivity index (χ1v) is 11.7. The SMILES string of the molecule is N#CCC[C@H](NC(=O)N1CCc2c(cccc2-c2ccc(C(F)(F)F)cc2)C1)c1cccc(C(=O)O)c1. The van der Waals surface area contributed by atoms with E-state index >= 15 is 0 Å². The number of carboxylic acid groups (broad SMARTS) is 1. The van der Waals surface area contributed by atoms with Crippen LogP contribution in [-0.4, -0.2) is 28.6 Å². The van der Waals surface area contributed by atoms with Crippen molar-refractivity contribution in [2.45, 2.75) is 38.0 Å². The van der Waals surface area contributed by atoms with Crippen molar-refractivity contribution >= 4 is 12.0 Å². The van der Waals surface area contributed by atoms with Crippen LogP contribution in [0.2, 0.25) is 0 Å². The van der Waals surface area contributed by atoms with E-state index in [0.29, 0.717) is 37.1 Å². The van der Waals surface area contributed by atoms with Gasteiger partial charge in [0.2, 0.25) is 0 Å². The maximum Gasteiger partial charge on any atom is 0.416 e. The minimum atomic E-state index is -4.40. The number of nitrogens with one attached hydrogen (secondary N) is 1. The van der Waals surface area contributed by atoms with Crippen LogP contribution < -0.4 is 5.32 Å². The van der Waals surface area contributed by atoms with E-state index in [-0.39, 0.29) is 18.0 Å². The van der Waals surface area contributed by atoms with Crippen LogP contribution in [-0.2, 0) is 19.1 Å². The number of urea groups is 1. The monoisotopic (exact) mass is 507 g/mol. The van der Waals surface area contributed by atoms with Gasteiger partial charge in [0.1, 0.15) is 0 Å². The zero-order valence-electron chi connectivity index (χ0n) is 19.8. The smallest absolute Gasteiger partial charge is 0.416 e. The van der Waals surface area contributed by atoms with Gasteiger partial charge in [-0.05, 0) is 64.9 Å². The molecule has 0 saturated carbocycles. The van der Waals surface area contributed by atoms with Gasteiger partial charge in [0.25, 0.3) is 0 Å². The van der Waals surface area contributed by atoms with Crippen LogP contribution in [0.25, 0.3) is 11.1 Å². The first-order chi connectivity index (χ1) is 17.7. The second-order valence-electron chi connectivity index (χ2n) is 8.82. The molecule has 0 aromatic heterocycles. The molecule has 2 N–H and O–H groups in total. The summed E-state index contributed by atoms with van der Waals surface area (Å²) in [6, 6.07) is 18.1. The highest BCUT2D eigenvalue weighted by molar-refractivity contribution is 5.87. The first kappa shape index (κ1) is 25.8. The average Bonchev–Trinajstić information content (AvgIpc) is 2.89. The fourth-order valence-electron chi connectivity index (χ4n) is 4.55. The Morgan fingerprint density at radius 2 is 1.81 bits per heavy atom. The zero-order chi connectivity index (χ0) is 26.6. The van der Waals surface area contributed by atoms with Crippen molar-refractivity contribution in [2.24, 2.45) is 0 Å². The number of hydrogen-bond donors (Lipinski definition) is 2. The number of nitrogens with zero attached hydrogens (tertiary/aromatic N) is 2. The van der Waals surface area contributed by atoms with Crippen molar-refractivity contribution < 1.29 is 27.9 Å². The Labute approximate surface area is 212 Å². The van der Waals surface area contributed by atoms with Crippen LogP contribution in [0.3, 0.4) is 0 Å². The third kappa shape index (κ3) is 5.92. The molecule has 0 aliphatic carbocycles. The van der Waals surface area contributed by atoms with E-state index in [0.717, 1.165) is 28.8 Å². The van der Waals surface area contributed by atoms with Crippen molar-refractivity contribution in [1.82, 2.24) is 10.2 Å². The molecular formula is C28H24F3N3O3. The summed E-state index contributed by atoms with van der Waals surface area (Å²) in [6.07, 6.45) is -3.37. The lowest BCUT2D eigenvalue weighted by Gasteiger charge is -2.32. The van der Waals surface area contributed by atoms with E-state index in [1.165, 1.54) is 24.3 Å². The number of fused-ring (bicyclic) bond motifs is 1. The van der Waals surface area contributed by atoms with Crippen LogP contribution in [0.5, 0.6) is 0 Å². The minimum Gasteiger partial charge on any atom is -0.478 e. The van der Waals surface area contributed by atoms with Gasteiger partial charge in [-0.3, -0.25) is 0 Å². The topological polar surface area (TPSA) is 93.4 Å². The van der Waals surface area contributed by atoms with E-state index < -0.39 is 23.8 Å². The predicted molar refractivity (Wildman–Crippen MR) is 131 cm³/mol. The average molecular weight is 508 g/mol. The summed E-state index contributed by atoms with van der Waals surface area (Å²) < 4.78 is 38.9. The highest BCUT2D eigenvalue weighted by atomic mass is 19.4. The fourth-order valence-corrected chi connectivity index (χ4v) is 4.55. The number of carbonyl (C=O) groups is 2. The summed E-state index contributed by atoms with van der Waals surface area (Å²) in [5, 5.41) is 21.3. The number of rotatable bonds is 6. The standard InChI is InChI=1S/C28H24F3N3O3/c29-28(30,31)22-11-9-18(10-12-22)23-7-2-6-21-17-34(15-13-24(21)23)27(37)33-25(8-3-14-32)19-4-1-5-20(16-19)26(35)36/h1-2,4-7,9-12,16,25H,3,8,13,15,17H2,(H,33,37)(H,35,36)/t25-/m0/s1. The number of halogens is 3. The van der Waals surface area contributed by atoms with Crippen LogP contribution in [0, 0.1) is 11.3 Å². The highest BCUT2D eigenvalue weighted by Crippen LogP contribution is 2.34. The summed E-state index contributed by atoms with van der Waals surface area (Å²) in [5.41, 5.74) is 3.40. The fraction of sp³-hybridized carbons (Fsp3) is 0.250. The summed E-state index contributed by atoms with van der Waals surface area (Å²) in [7, 11) is 0. The van der Waals surface area contributed by atoms with Gasteiger partial charge in [-0.1, -0.05) is 42.5 Å². The van der Waals surface area contributed by atoms with E-state index in [1.54, 1.807) is 17.0 Å². The van der Waals surface area contributed by atoms with Crippen LogP contribution in [0.4, 0.5) is 18.0 Å². The maximum atomic E-state index is 13.2. The molecule has 1 heterocycles. The summed E-state index contributed by atoms with van der Waals surface area (Å²) >= 11 is 0. The van der Waals surface area contributed by atoms with Crippen molar-refractivity contribution in [3.8, 4) is 17.2 Å². The Morgan fingerprint density at radius 1 is 1.08 bits per heavy atom. The number of carbonyl (C=O) groups excluding carboxylic acids is 1. The molecule has 37 heavy (non-hydrogen) atoms. The molecule has 1 atom stereocenters. The van der Waals surface area contributed by atoms with Crippen molar-refractivity contribution in [3.05, 3.63) is 94.5 Å². The number of hydrogen-bond acceptors (Lipinski definition) is 3. The van der Waals surface area contributed by atoms with Crippen LogP contribution in [0.15, 0.2) is 66.7 Å². The molecule has 0 bridgehead atoms. The molecule has 9 heteroatoms. The molecule has 1 aliphatic heterocycles. The van der Waals surface area contributed by atoms with Gasteiger partial charge in [-0.15, -0.1) is 0 Å². The molecule has 0 radical (unpaired) electrons. The van der Waals surface area contributed by atoms with E-state index in [9.17, 15) is 27.9 Å². The first-order valence-electron chi connectivity index (χ1n) is 11.7. The zero-order valence-corrected chi connectivity index (χ0v) is 19.8. The molecule has 0 saturated heterocycles. The molecular weight excluding hydrogens is 483 g/mol. The Balaban J connectivity index is 1.52. The molecule has 190 valence electrons. The second kappa shape index (κ2) is 10.7. The van der Waals surface area contributed by atoms with Gasteiger partial charge in [-0.25, -0.2) is 9.59 Å². The Bertz CT molecular complexity index is 1350. The Hall–Kier alpha value is -4.32. The van der Waals surface area contributed by atoms with Crippen LogP contribution >= 0.6 is 0 Å². The Morgan fingerprint density at radius 3 is 2.49 bits per heavy atom. The molecule has 2 amide bonds. The molecule has 0 unspecified atom stereocenters. The number of alkyl halides is 3. The largest absolute Gasteiger partial charge is 0.478 e. The number of nitriles is 1. The van der Waals surface area contributed by atoms with Gasteiger partial charge in [0, 0.05) is 19.5 Å². The normalized spacial score (nSPS) is 13.8. The number of carboxylic acids is 1. The van der Waals surface area contributed by atoms with Gasteiger partial charge < -0.3 is 15.3 Å². The summed E-state index contributed by atoms with van der Waals surface area (Å²) in [5.74, 6) is -1.08. The lowest BCUT2D eigenvalue weighted by molar-refractivity contribution is -0.137. The van der Waals surface area contributed by atoms with Gasteiger partial charge in [-0.2, -0.15) is 18.4 Å². The third-order valence-electron chi connectivity index (χ3n) is 6.45. The summed E-state index contributed by atoms with van der Waals surface area (Å²) in [6.45, 7) is 0.715. The van der Waals surface area contributed by atoms with Gasteiger partial charge in [0.05, 0.1) is 23.2 Å². The van der Waals surface area contributed by atoms with Crippen molar-refractivity contribution in [1.29, 1.82) is 5.26 Å². The minimum absolute atomic E-state index is 0.0939. The second-order valence-corrected chi connectivity index (χ2v) is 8.82. The molecule has 6 nitrogen and oxygen atoms in total. The summed E-state index contributed by atoms with van der Waals surface area (Å²) in [4.78, 5) is 26.2. The number of amides is 2. The number of benzene rings is 3. The Kier molecular flexibility index (Phi) is 7.48. The van der Waals surface area contributed by atoms with E-state index in [1.807, 2.05) is 18.2 Å². The van der Waals surface area contributed by atoms with Gasteiger partial charge >= 0.3 is 18.2 Å². The highest BCUT2D eigenvalue weighted by Gasteiger charge is 2.30. The quantitative estimate of drug-likeness (QED) is 0.417. The lowest BCUT2D eigenvalue weighted by Crippen LogP contribution is -2.44. The van der Waals surface area contributed by atoms with Gasteiger partial charge in [0.15, 0.2) is 0 Å². The lowest BCUT2D eigenvalue weighted by atomic mass is 9.90. The van der Waals surface area contributed by atoms with E-state index in [4.69, 9.17) is 5.26 Å². The van der Waals surface area contributed by atoms with Crippen molar-refractivity contribution in [3.63, 3.8) is 0 Å².